The highest BCUT2D eigenvalue weighted by atomic mass is 35.5. The number of hydrogen-bond acceptors (Lipinski definition) is 4. The second-order valence-electron chi connectivity index (χ2n) is 6.99. The largest absolute Gasteiger partial charge is 0.438 e. The van der Waals surface area contributed by atoms with Crippen molar-refractivity contribution in [3.63, 3.8) is 0 Å². The molecule has 150 valence electrons. The molecule has 3 aromatic rings. The summed E-state index contributed by atoms with van der Waals surface area (Å²) < 4.78 is 25.4. The number of hydrogen-bond donors (Lipinski definition) is 1. The molecule has 0 bridgehead atoms. The van der Waals surface area contributed by atoms with Gasteiger partial charge in [-0.2, -0.15) is 0 Å². The molecule has 0 spiro atoms. The molecule has 5 nitrogen and oxygen atoms in total. The molecule has 7 heteroatoms. The van der Waals surface area contributed by atoms with Gasteiger partial charge in [-0.15, -0.1) is 0 Å². The number of ether oxygens (including phenoxy) is 1. The van der Waals surface area contributed by atoms with Crippen LogP contribution in [0.2, 0.25) is 5.02 Å². The van der Waals surface area contributed by atoms with E-state index in [9.17, 15) is 9.18 Å². The first-order valence-corrected chi connectivity index (χ1v) is 9.82. The summed E-state index contributed by atoms with van der Waals surface area (Å²) in [5.41, 5.74) is 1.66. The third-order valence-corrected chi connectivity index (χ3v) is 5.16. The van der Waals surface area contributed by atoms with Crippen LogP contribution in [0.25, 0.3) is 11.0 Å². The van der Waals surface area contributed by atoms with E-state index >= 15 is 0 Å². The maximum absolute atomic E-state index is 13.9. The van der Waals surface area contributed by atoms with Crippen LogP contribution >= 0.6 is 11.6 Å². The first-order chi connectivity index (χ1) is 14.0. The van der Waals surface area contributed by atoms with Crippen molar-refractivity contribution in [3.8, 4) is 0 Å². The number of halogens is 2. The first-order valence-electron chi connectivity index (χ1n) is 9.44. The zero-order valence-corrected chi connectivity index (χ0v) is 16.6. The molecule has 1 aliphatic rings. The highest BCUT2D eigenvalue weighted by molar-refractivity contribution is 6.31. The highest BCUT2D eigenvalue weighted by Gasteiger charge is 2.19. The van der Waals surface area contributed by atoms with E-state index in [1.807, 2.05) is 0 Å². The van der Waals surface area contributed by atoms with Crippen molar-refractivity contribution in [2.45, 2.75) is 25.9 Å². The molecule has 1 aromatic heterocycles. The van der Waals surface area contributed by atoms with E-state index in [1.54, 1.807) is 43.3 Å². The molecule has 1 N–H and O–H groups in total. The van der Waals surface area contributed by atoms with Gasteiger partial charge >= 0.3 is 0 Å². The number of amides is 1. The highest BCUT2D eigenvalue weighted by Crippen LogP contribution is 2.22. The van der Waals surface area contributed by atoms with Gasteiger partial charge in [0, 0.05) is 29.1 Å². The number of nitrogens with zero attached hydrogens (tertiary/aromatic N) is 1. The number of benzene rings is 2. The summed E-state index contributed by atoms with van der Waals surface area (Å²) in [5.74, 6) is -0.706. The molecule has 29 heavy (non-hydrogen) atoms. The molecule has 1 saturated heterocycles. The van der Waals surface area contributed by atoms with Gasteiger partial charge in [0.15, 0.2) is 0 Å². The first kappa shape index (κ1) is 19.6. The van der Waals surface area contributed by atoms with Crippen molar-refractivity contribution in [1.29, 1.82) is 0 Å². The van der Waals surface area contributed by atoms with Gasteiger partial charge in [0.05, 0.1) is 11.8 Å². The minimum atomic E-state index is -0.372. The monoisotopic (exact) mass is 414 g/mol. The van der Waals surface area contributed by atoms with Crippen LogP contribution in [0.5, 0.6) is 0 Å². The molecule has 1 aliphatic heterocycles. The van der Waals surface area contributed by atoms with Gasteiger partial charge in [0.2, 0.25) is 5.55 Å². The minimum absolute atomic E-state index is 0.0108. The van der Waals surface area contributed by atoms with Gasteiger partial charge in [-0.1, -0.05) is 17.7 Å². The Balaban J connectivity index is 1.79. The van der Waals surface area contributed by atoms with Crippen molar-refractivity contribution >= 4 is 34.2 Å². The third kappa shape index (κ3) is 4.33. The summed E-state index contributed by atoms with van der Waals surface area (Å²) in [6, 6.07) is 11.4. The zero-order valence-electron chi connectivity index (χ0n) is 15.9. The second kappa shape index (κ2) is 8.35. The van der Waals surface area contributed by atoms with E-state index in [0.29, 0.717) is 40.4 Å². The predicted octanol–water partition coefficient (Wildman–Crippen LogP) is 4.67. The molecule has 1 fully saturated rings. The fourth-order valence-electron chi connectivity index (χ4n) is 3.28. The standard InChI is InChI=1S/C22H20ClFN2O3/c1-13-18(24)5-2-6-19(13)26-22-17(21(27)25-12-16-4-3-9-28-16)11-14-10-15(23)7-8-20(14)29-22/h2,5-8,10-11,16H,3-4,9,12H2,1H3,(H,25,27)/t16-/m1/s1. The average molecular weight is 415 g/mol. The zero-order chi connectivity index (χ0) is 20.4. The Morgan fingerprint density at radius 2 is 2.17 bits per heavy atom. The van der Waals surface area contributed by atoms with E-state index in [1.165, 1.54) is 6.07 Å². The Labute approximate surface area is 172 Å². The number of rotatable bonds is 4. The summed E-state index contributed by atoms with van der Waals surface area (Å²) in [6.45, 7) is 2.75. The molecule has 1 amide bonds. The van der Waals surface area contributed by atoms with Crippen LogP contribution in [-0.4, -0.2) is 25.2 Å². The lowest BCUT2D eigenvalue weighted by Gasteiger charge is -2.11. The van der Waals surface area contributed by atoms with Crippen LogP contribution in [0, 0.1) is 12.7 Å². The molecule has 0 radical (unpaired) electrons. The fourth-order valence-corrected chi connectivity index (χ4v) is 3.46. The minimum Gasteiger partial charge on any atom is -0.438 e. The molecule has 0 unspecified atom stereocenters. The Bertz CT molecular complexity index is 1140. The van der Waals surface area contributed by atoms with Gasteiger partial charge in [-0.25, -0.2) is 9.38 Å². The van der Waals surface area contributed by atoms with Crippen molar-refractivity contribution in [1.82, 2.24) is 5.32 Å². The Morgan fingerprint density at radius 3 is 2.97 bits per heavy atom. The fraction of sp³-hybridized carbons (Fsp3) is 0.273. The topological polar surface area (TPSA) is 63.8 Å². The van der Waals surface area contributed by atoms with E-state index in [2.05, 4.69) is 10.3 Å². The number of carbonyl (C=O) groups excluding carboxylic acids is 1. The molecule has 4 rings (SSSR count). The van der Waals surface area contributed by atoms with Gasteiger partial charge < -0.3 is 14.5 Å². The predicted molar refractivity (Wildman–Crippen MR) is 109 cm³/mol. The van der Waals surface area contributed by atoms with Crippen LogP contribution in [0.3, 0.4) is 0 Å². The van der Waals surface area contributed by atoms with Gasteiger partial charge in [-0.05, 0) is 56.2 Å². The Morgan fingerprint density at radius 1 is 1.31 bits per heavy atom. The number of carbonyl (C=O) groups is 1. The summed E-state index contributed by atoms with van der Waals surface area (Å²) in [7, 11) is 0. The number of fused-ring (bicyclic) bond motifs is 1. The van der Waals surface area contributed by atoms with Gasteiger partial charge in [-0.3, -0.25) is 4.79 Å². The van der Waals surface area contributed by atoms with Crippen molar-refractivity contribution in [3.05, 3.63) is 70.0 Å². The van der Waals surface area contributed by atoms with E-state index in [0.717, 1.165) is 12.8 Å². The normalized spacial score (nSPS) is 17.1. The smallest absolute Gasteiger partial charge is 0.256 e. The second-order valence-corrected chi connectivity index (χ2v) is 7.42. The van der Waals surface area contributed by atoms with Crippen LogP contribution in [0.15, 0.2) is 51.9 Å². The molecule has 2 heterocycles. The molecule has 0 saturated carbocycles. The Kier molecular flexibility index (Phi) is 5.65. The van der Waals surface area contributed by atoms with Gasteiger partial charge in [0.1, 0.15) is 17.0 Å². The lowest BCUT2D eigenvalue weighted by molar-refractivity contribution is 0.0854. The van der Waals surface area contributed by atoms with Crippen LogP contribution in [0.4, 0.5) is 10.1 Å². The van der Waals surface area contributed by atoms with E-state index in [4.69, 9.17) is 20.8 Å². The van der Waals surface area contributed by atoms with Crippen LogP contribution in [0.1, 0.15) is 28.8 Å². The maximum Gasteiger partial charge on any atom is 0.256 e. The molecule has 2 aromatic carbocycles. The molecular formula is C22H20ClFN2O3. The average Bonchev–Trinajstić information content (AvgIpc) is 3.23. The Hall–Kier alpha value is -2.70. The molecule has 1 atom stereocenters. The lowest BCUT2D eigenvalue weighted by Crippen LogP contribution is -2.34. The summed E-state index contributed by atoms with van der Waals surface area (Å²) in [5, 5.41) is 4.09. The molecule has 0 aliphatic carbocycles. The number of nitrogens with one attached hydrogen (secondary N) is 1. The lowest BCUT2D eigenvalue weighted by atomic mass is 10.1. The van der Waals surface area contributed by atoms with Crippen molar-refractivity contribution in [2.75, 3.05) is 13.2 Å². The van der Waals surface area contributed by atoms with Gasteiger partial charge in [0.25, 0.3) is 5.91 Å². The van der Waals surface area contributed by atoms with Crippen LogP contribution in [-0.2, 0) is 4.74 Å². The SMILES string of the molecule is Cc1c(F)cccc1N=c1oc2ccc(Cl)cc2cc1C(=O)NC[C@H]1CCCO1. The summed E-state index contributed by atoms with van der Waals surface area (Å²) in [6.07, 6.45) is 1.92. The summed E-state index contributed by atoms with van der Waals surface area (Å²) in [4.78, 5) is 17.3. The van der Waals surface area contributed by atoms with Crippen molar-refractivity contribution < 1.29 is 18.3 Å². The van der Waals surface area contributed by atoms with Crippen LogP contribution < -0.4 is 10.9 Å². The quantitative estimate of drug-likeness (QED) is 0.674. The third-order valence-electron chi connectivity index (χ3n) is 4.93. The molecular weight excluding hydrogens is 395 g/mol. The van der Waals surface area contributed by atoms with E-state index in [-0.39, 0.29) is 28.9 Å². The van der Waals surface area contributed by atoms with E-state index < -0.39 is 0 Å². The maximum atomic E-state index is 13.9. The summed E-state index contributed by atoms with van der Waals surface area (Å²) >= 11 is 6.08. The van der Waals surface area contributed by atoms with Crippen molar-refractivity contribution in [2.24, 2.45) is 4.99 Å².